The molecule has 2 N–H and O–H groups in total. The molecule has 0 fully saturated rings. The Morgan fingerprint density at radius 1 is 1.50 bits per heavy atom. The lowest BCUT2D eigenvalue weighted by Crippen LogP contribution is -2.24. The van der Waals surface area contributed by atoms with Gasteiger partial charge < -0.3 is 0 Å². The Bertz CT molecular complexity index is 427. The number of hydrogen-bond acceptors (Lipinski definition) is 3. The number of rotatable bonds is 3. The fourth-order valence-electron chi connectivity index (χ4n) is 1.28. The van der Waals surface area contributed by atoms with Crippen LogP contribution in [-0.2, 0) is 0 Å². The number of nitrogens with zero attached hydrogens (tertiary/aromatic N) is 1. The van der Waals surface area contributed by atoms with Crippen LogP contribution in [-0.4, -0.2) is 0 Å². The number of halogens is 1. The van der Waals surface area contributed by atoms with Gasteiger partial charge in [-0.25, -0.2) is 10.2 Å². The van der Waals surface area contributed by atoms with Crippen LogP contribution in [0.2, 0.25) is 0 Å². The predicted molar refractivity (Wildman–Crippen MR) is 70.5 cm³/mol. The van der Waals surface area contributed by atoms with Crippen molar-refractivity contribution in [3.63, 3.8) is 0 Å². The number of thiol groups is 1. The highest BCUT2D eigenvalue weighted by atomic mass is 32.1. The summed E-state index contributed by atoms with van der Waals surface area (Å²) < 4.78 is 13.7. The molecule has 0 saturated heterocycles. The van der Waals surface area contributed by atoms with Gasteiger partial charge in [-0.1, -0.05) is 12.1 Å². The van der Waals surface area contributed by atoms with Gasteiger partial charge in [0.2, 0.25) is 0 Å². The Labute approximate surface area is 101 Å². The van der Waals surface area contributed by atoms with Crippen molar-refractivity contribution in [1.82, 2.24) is 0 Å². The first kappa shape index (κ1) is 12.8. The number of benzene rings is 1. The molecule has 16 heavy (non-hydrogen) atoms. The third kappa shape index (κ3) is 2.87. The van der Waals surface area contributed by atoms with Gasteiger partial charge in [0.1, 0.15) is 5.82 Å². The van der Waals surface area contributed by atoms with Crippen LogP contribution in [0, 0.1) is 5.82 Å². The van der Waals surface area contributed by atoms with Crippen LogP contribution >= 0.6 is 12.6 Å². The van der Waals surface area contributed by atoms with E-state index in [1.165, 1.54) is 11.1 Å². The normalized spacial score (nSPS) is 12.2. The molecule has 0 aromatic heterocycles. The van der Waals surface area contributed by atoms with Gasteiger partial charge >= 0.3 is 0 Å². The van der Waals surface area contributed by atoms with Gasteiger partial charge in [0.25, 0.3) is 0 Å². The Balaban J connectivity index is 3.09. The van der Waals surface area contributed by atoms with Crippen LogP contribution < -0.4 is 10.9 Å². The zero-order valence-corrected chi connectivity index (χ0v) is 10.2. The second-order valence-corrected chi connectivity index (χ2v) is 3.63. The van der Waals surface area contributed by atoms with Crippen LogP contribution in [0.25, 0.3) is 5.57 Å². The van der Waals surface area contributed by atoms with E-state index < -0.39 is 0 Å². The fourth-order valence-corrected chi connectivity index (χ4v) is 1.43. The molecule has 0 heterocycles. The highest BCUT2D eigenvalue weighted by molar-refractivity contribution is 7.83. The zero-order chi connectivity index (χ0) is 12.1. The molecular formula is C12H15FN2S. The zero-order valence-electron chi connectivity index (χ0n) is 9.31. The minimum Gasteiger partial charge on any atom is -0.284 e. The van der Waals surface area contributed by atoms with Gasteiger partial charge in [0.15, 0.2) is 0 Å². The number of nitrogens with two attached hydrogens (primary N) is 1. The first-order valence-electron chi connectivity index (χ1n) is 4.87. The number of anilines is 1. The summed E-state index contributed by atoms with van der Waals surface area (Å²) >= 11 is 4.03. The maximum absolute atomic E-state index is 13.7. The minimum absolute atomic E-state index is 0.341. The lowest BCUT2D eigenvalue weighted by atomic mass is 10.1. The Morgan fingerprint density at radius 2 is 2.19 bits per heavy atom. The van der Waals surface area contributed by atoms with Crippen molar-refractivity contribution in [2.45, 2.75) is 13.8 Å². The van der Waals surface area contributed by atoms with E-state index in [0.717, 1.165) is 11.1 Å². The molecule has 2 nitrogen and oxygen atoms in total. The average Bonchev–Trinajstić information content (AvgIpc) is 2.28. The Kier molecular flexibility index (Phi) is 4.58. The van der Waals surface area contributed by atoms with Crippen LogP contribution in [0.1, 0.15) is 19.4 Å². The summed E-state index contributed by atoms with van der Waals surface area (Å²) in [5.74, 6) is 5.29. The monoisotopic (exact) mass is 238 g/mol. The summed E-state index contributed by atoms with van der Waals surface area (Å²) in [6.07, 6.45) is 3.34. The van der Waals surface area contributed by atoms with Crippen molar-refractivity contribution in [3.8, 4) is 0 Å². The summed E-state index contributed by atoms with van der Waals surface area (Å²) in [6, 6.07) is 4.90. The van der Waals surface area contributed by atoms with Gasteiger partial charge in [-0.2, -0.15) is 12.6 Å². The van der Waals surface area contributed by atoms with Crippen molar-refractivity contribution < 1.29 is 4.39 Å². The topological polar surface area (TPSA) is 29.3 Å². The van der Waals surface area contributed by atoms with Gasteiger partial charge in [-0.3, -0.25) is 5.01 Å². The smallest absolute Gasteiger partial charge is 0.148 e. The van der Waals surface area contributed by atoms with Crippen LogP contribution in [0.4, 0.5) is 10.1 Å². The summed E-state index contributed by atoms with van der Waals surface area (Å²) in [5.41, 5.74) is 2.04. The standard InChI is InChI=1S/C12H15FN2S/c1-3-6-15(14)12-5-4-10(7-11(12)13)9(2)8-16/h3-8,16H,14H2,1-2H3/b6-3-,9-8+. The molecule has 0 unspecified atom stereocenters. The molecule has 0 atom stereocenters. The number of hydrogen-bond donors (Lipinski definition) is 2. The molecule has 0 bridgehead atoms. The Morgan fingerprint density at radius 3 is 2.69 bits per heavy atom. The Hall–Kier alpha value is -1.26. The quantitative estimate of drug-likeness (QED) is 0.480. The highest BCUT2D eigenvalue weighted by Crippen LogP contribution is 2.23. The van der Waals surface area contributed by atoms with Crippen molar-refractivity contribution >= 4 is 23.9 Å². The summed E-state index contributed by atoms with van der Waals surface area (Å²) in [4.78, 5) is 0. The van der Waals surface area contributed by atoms with E-state index >= 15 is 0 Å². The van der Waals surface area contributed by atoms with Crippen molar-refractivity contribution in [2.75, 3.05) is 5.01 Å². The minimum atomic E-state index is -0.354. The van der Waals surface area contributed by atoms with E-state index in [1.807, 2.05) is 19.9 Å². The SMILES string of the molecule is C/C=C\N(N)c1ccc(/C(C)=C/S)cc1F. The molecule has 0 radical (unpaired) electrons. The maximum atomic E-state index is 13.7. The van der Waals surface area contributed by atoms with Crippen LogP contribution in [0.15, 0.2) is 35.9 Å². The number of allylic oxidation sites excluding steroid dienone is 2. The van der Waals surface area contributed by atoms with E-state index in [2.05, 4.69) is 12.6 Å². The molecule has 0 aliphatic heterocycles. The third-order valence-corrected chi connectivity index (χ3v) is 2.57. The molecule has 0 aliphatic carbocycles. The molecule has 0 saturated carbocycles. The van der Waals surface area contributed by atoms with Gasteiger partial charge in [0.05, 0.1) is 5.69 Å². The van der Waals surface area contributed by atoms with E-state index in [0.29, 0.717) is 5.69 Å². The van der Waals surface area contributed by atoms with E-state index in [9.17, 15) is 4.39 Å². The summed E-state index contributed by atoms with van der Waals surface area (Å²) in [7, 11) is 0. The molecule has 1 aromatic carbocycles. The molecule has 4 heteroatoms. The van der Waals surface area contributed by atoms with Gasteiger partial charge in [-0.15, -0.1) is 0 Å². The second-order valence-electron chi connectivity index (χ2n) is 3.37. The molecule has 0 amide bonds. The molecule has 0 aliphatic rings. The molecule has 0 spiro atoms. The third-order valence-electron chi connectivity index (χ3n) is 2.18. The first-order chi connectivity index (χ1) is 7.60. The van der Waals surface area contributed by atoms with Crippen molar-refractivity contribution in [1.29, 1.82) is 0 Å². The first-order valence-corrected chi connectivity index (χ1v) is 5.39. The second kappa shape index (κ2) is 5.72. The predicted octanol–water partition coefficient (Wildman–Crippen LogP) is 3.33. The highest BCUT2D eigenvalue weighted by Gasteiger charge is 2.07. The largest absolute Gasteiger partial charge is 0.284 e. The molecule has 86 valence electrons. The van der Waals surface area contributed by atoms with Gasteiger partial charge in [-0.05, 0) is 42.5 Å². The average molecular weight is 238 g/mol. The lowest BCUT2D eigenvalue weighted by Gasteiger charge is -2.15. The van der Waals surface area contributed by atoms with E-state index in [-0.39, 0.29) is 5.82 Å². The molecule has 1 aromatic rings. The maximum Gasteiger partial charge on any atom is 0.148 e. The lowest BCUT2D eigenvalue weighted by molar-refractivity contribution is 0.625. The summed E-state index contributed by atoms with van der Waals surface area (Å²) in [6.45, 7) is 3.69. The fraction of sp³-hybridized carbons (Fsp3) is 0.167. The summed E-state index contributed by atoms with van der Waals surface area (Å²) in [5, 5.41) is 2.89. The van der Waals surface area contributed by atoms with E-state index in [4.69, 9.17) is 5.84 Å². The van der Waals surface area contributed by atoms with Crippen molar-refractivity contribution in [3.05, 3.63) is 47.3 Å². The van der Waals surface area contributed by atoms with Crippen molar-refractivity contribution in [2.24, 2.45) is 5.84 Å². The van der Waals surface area contributed by atoms with Crippen LogP contribution in [0.5, 0.6) is 0 Å². The van der Waals surface area contributed by atoms with Gasteiger partial charge in [0, 0.05) is 6.20 Å². The van der Waals surface area contributed by atoms with E-state index in [1.54, 1.807) is 23.8 Å². The van der Waals surface area contributed by atoms with Crippen LogP contribution in [0.3, 0.4) is 0 Å². The molecule has 1 rings (SSSR count). The number of hydrazine groups is 1. The molecular weight excluding hydrogens is 223 g/mol.